The number of benzene rings is 1. The smallest absolute Gasteiger partial charge is 0.238 e. The highest BCUT2D eigenvalue weighted by atomic mass is 32.2. The molecule has 3 N–H and O–H groups in total. The van der Waals surface area contributed by atoms with Crippen LogP contribution in [0.3, 0.4) is 0 Å². The minimum absolute atomic E-state index is 0.363. The maximum absolute atomic E-state index is 12.5. The van der Waals surface area contributed by atoms with E-state index in [0.29, 0.717) is 6.07 Å². The minimum atomic E-state index is -3.89. The Morgan fingerprint density at radius 2 is 2.00 bits per heavy atom. The first-order valence-corrected chi connectivity index (χ1v) is 4.47. The predicted octanol–water partition coefficient (Wildman–Crippen LogP) is 0.179. The summed E-state index contributed by atoms with van der Waals surface area (Å²) < 4.78 is 33.8. The zero-order chi connectivity index (χ0) is 9.35. The van der Waals surface area contributed by atoms with Crippen molar-refractivity contribution < 1.29 is 17.9 Å². The van der Waals surface area contributed by atoms with E-state index in [4.69, 9.17) is 10.2 Å². The molecule has 6 heteroatoms. The Kier molecular flexibility index (Phi) is 2.03. The topological polar surface area (TPSA) is 80.4 Å². The van der Waals surface area contributed by atoms with Crippen LogP contribution in [0.5, 0.6) is 5.75 Å². The van der Waals surface area contributed by atoms with Crippen LogP contribution < -0.4 is 5.14 Å². The first kappa shape index (κ1) is 8.95. The molecule has 0 saturated heterocycles. The molecule has 1 aromatic carbocycles. The van der Waals surface area contributed by atoms with Gasteiger partial charge in [-0.05, 0) is 18.2 Å². The molecule has 1 rings (SSSR count). The van der Waals surface area contributed by atoms with Crippen LogP contribution in [0.25, 0.3) is 0 Å². The largest absolute Gasteiger partial charge is 0.505 e. The van der Waals surface area contributed by atoms with E-state index in [1.165, 1.54) is 0 Å². The lowest BCUT2D eigenvalue weighted by Crippen LogP contribution is -2.12. The lowest BCUT2D eigenvalue weighted by molar-refractivity contribution is 0.431. The van der Waals surface area contributed by atoms with Crippen LogP contribution in [0, 0.1) is 5.82 Å². The van der Waals surface area contributed by atoms with Crippen molar-refractivity contribution >= 4 is 10.0 Å². The Morgan fingerprint density at radius 1 is 1.42 bits per heavy atom. The summed E-state index contributed by atoms with van der Waals surface area (Å²) in [5, 5.41) is 13.4. The van der Waals surface area contributed by atoms with Gasteiger partial charge in [-0.25, -0.2) is 17.9 Å². The summed E-state index contributed by atoms with van der Waals surface area (Å²) in [4.78, 5) is -0.363. The molecular weight excluding hydrogens is 185 g/mol. The minimum Gasteiger partial charge on any atom is -0.505 e. The number of rotatable bonds is 1. The standard InChI is InChI=1S/C6H6FNO3S/c7-5-3-4(12(8,10)11)1-2-6(5)9/h1-3,9H,(H2,8,10,11). The number of nitrogens with two attached hydrogens (primary N) is 1. The number of sulfonamides is 1. The summed E-state index contributed by atoms with van der Waals surface area (Å²) in [5.74, 6) is -1.62. The van der Waals surface area contributed by atoms with Crippen molar-refractivity contribution in [3.63, 3.8) is 0 Å². The highest BCUT2D eigenvalue weighted by Gasteiger charge is 2.10. The van der Waals surface area contributed by atoms with Crippen molar-refractivity contribution in [2.45, 2.75) is 4.90 Å². The predicted molar refractivity (Wildman–Crippen MR) is 39.4 cm³/mol. The normalized spacial score (nSPS) is 11.5. The highest BCUT2D eigenvalue weighted by Crippen LogP contribution is 2.18. The number of phenols is 1. The number of primary sulfonamides is 1. The first-order chi connectivity index (χ1) is 5.41. The van der Waals surface area contributed by atoms with Gasteiger partial charge in [-0.3, -0.25) is 0 Å². The fraction of sp³-hybridized carbons (Fsp3) is 0. The molecule has 66 valence electrons. The number of hydrogen-bond donors (Lipinski definition) is 2. The van der Waals surface area contributed by atoms with Gasteiger partial charge in [0.25, 0.3) is 0 Å². The Labute approximate surface area is 68.5 Å². The van der Waals surface area contributed by atoms with E-state index in [1.807, 2.05) is 0 Å². The third kappa shape index (κ3) is 1.72. The second-order valence-corrected chi connectivity index (χ2v) is 3.72. The first-order valence-electron chi connectivity index (χ1n) is 2.92. The SMILES string of the molecule is NS(=O)(=O)c1ccc(O)c(F)c1. The quantitative estimate of drug-likeness (QED) is 0.664. The van der Waals surface area contributed by atoms with E-state index in [-0.39, 0.29) is 4.90 Å². The summed E-state index contributed by atoms with van der Waals surface area (Å²) >= 11 is 0. The fourth-order valence-electron chi connectivity index (χ4n) is 0.665. The second kappa shape index (κ2) is 2.72. The third-order valence-electron chi connectivity index (χ3n) is 1.25. The summed E-state index contributed by atoms with van der Waals surface area (Å²) in [7, 11) is -3.89. The van der Waals surface area contributed by atoms with Gasteiger partial charge in [-0.1, -0.05) is 0 Å². The van der Waals surface area contributed by atoms with E-state index in [2.05, 4.69) is 0 Å². The molecule has 0 saturated carbocycles. The van der Waals surface area contributed by atoms with E-state index in [0.717, 1.165) is 12.1 Å². The van der Waals surface area contributed by atoms with Crippen LogP contribution in [0.4, 0.5) is 4.39 Å². The van der Waals surface area contributed by atoms with E-state index >= 15 is 0 Å². The van der Waals surface area contributed by atoms with Crippen LogP contribution in [0.1, 0.15) is 0 Å². The Bertz CT molecular complexity index is 401. The highest BCUT2D eigenvalue weighted by molar-refractivity contribution is 7.89. The van der Waals surface area contributed by atoms with Crippen molar-refractivity contribution in [1.82, 2.24) is 0 Å². The van der Waals surface area contributed by atoms with Crippen LogP contribution >= 0.6 is 0 Å². The van der Waals surface area contributed by atoms with Gasteiger partial charge in [0.15, 0.2) is 11.6 Å². The van der Waals surface area contributed by atoms with Gasteiger partial charge in [0, 0.05) is 0 Å². The fourth-order valence-corrected chi connectivity index (χ4v) is 1.19. The van der Waals surface area contributed by atoms with Gasteiger partial charge < -0.3 is 5.11 Å². The van der Waals surface area contributed by atoms with Crippen molar-refractivity contribution in [1.29, 1.82) is 0 Å². The molecule has 0 aliphatic rings. The molecule has 0 amide bonds. The number of aromatic hydroxyl groups is 1. The van der Waals surface area contributed by atoms with Gasteiger partial charge in [0.2, 0.25) is 10.0 Å². The van der Waals surface area contributed by atoms with Crippen molar-refractivity contribution in [3.05, 3.63) is 24.0 Å². The molecule has 0 bridgehead atoms. The van der Waals surface area contributed by atoms with E-state index in [9.17, 15) is 12.8 Å². The summed E-state index contributed by atoms with van der Waals surface area (Å²) in [5.41, 5.74) is 0. The third-order valence-corrected chi connectivity index (χ3v) is 2.16. The monoisotopic (exact) mass is 191 g/mol. The number of hydrogen-bond acceptors (Lipinski definition) is 3. The molecule has 0 aliphatic heterocycles. The van der Waals surface area contributed by atoms with Crippen LogP contribution in [0.15, 0.2) is 23.1 Å². The molecule has 1 aromatic rings. The summed E-state index contributed by atoms with van der Waals surface area (Å²) in [6, 6.07) is 2.60. The van der Waals surface area contributed by atoms with Gasteiger partial charge in [0.05, 0.1) is 4.90 Å². The zero-order valence-corrected chi connectivity index (χ0v) is 6.68. The lowest BCUT2D eigenvalue weighted by atomic mass is 10.3. The molecule has 0 radical (unpaired) electrons. The molecule has 0 atom stereocenters. The summed E-state index contributed by atoms with van der Waals surface area (Å²) in [6.07, 6.45) is 0. The molecule has 0 heterocycles. The molecule has 12 heavy (non-hydrogen) atoms. The second-order valence-electron chi connectivity index (χ2n) is 2.16. The van der Waals surface area contributed by atoms with Crippen LogP contribution in [0.2, 0.25) is 0 Å². The van der Waals surface area contributed by atoms with Gasteiger partial charge >= 0.3 is 0 Å². The zero-order valence-electron chi connectivity index (χ0n) is 5.86. The number of phenolic OH excluding ortho intramolecular Hbond substituents is 1. The molecular formula is C6H6FNO3S. The summed E-state index contributed by atoms with van der Waals surface area (Å²) in [6.45, 7) is 0. The lowest BCUT2D eigenvalue weighted by Gasteiger charge is -1.98. The average molecular weight is 191 g/mol. The molecule has 0 unspecified atom stereocenters. The van der Waals surface area contributed by atoms with Gasteiger partial charge in [-0.2, -0.15) is 0 Å². The van der Waals surface area contributed by atoms with E-state index < -0.39 is 21.6 Å². The maximum atomic E-state index is 12.5. The maximum Gasteiger partial charge on any atom is 0.238 e. The Morgan fingerprint density at radius 3 is 2.42 bits per heavy atom. The molecule has 0 aliphatic carbocycles. The van der Waals surface area contributed by atoms with Gasteiger partial charge in [-0.15, -0.1) is 0 Å². The van der Waals surface area contributed by atoms with E-state index in [1.54, 1.807) is 0 Å². The number of halogens is 1. The molecule has 0 aromatic heterocycles. The van der Waals surface area contributed by atoms with Crippen molar-refractivity contribution in [2.75, 3.05) is 0 Å². The van der Waals surface area contributed by atoms with Crippen LogP contribution in [-0.2, 0) is 10.0 Å². The van der Waals surface area contributed by atoms with Crippen LogP contribution in [-0.4, -0.2) is 13.5 Å². The van der Waals surface area contributed by atoms with Gasteiger partial charge in [0.1, 0.15) is 0 Å². The molecule has 0 spiro atoms. The average Bonchev–Trinajstić information content (AvgIpc) is 1.92. The van der Waals surface area contributed by atoms with Crippen molar-refractivity contribution in [3.8, 4) is 5.75 Å². The Hall–Kier alpha value is -1.14. The van der Waals surface area contributed by atoms with Crippen molar-refractivity contribution in [2.24, 2.45) is 5.14 Å². The molecule has 4 nitrogen and oxygen atoms in total. The molecule has 0 fully saturated rings. The Balaban J connectivity index is 3.33.